The molecule has 0 saturated carbocycles. The molecule has 2 aromatic carbocycles. The van der Waals surface area contributed by atoms with E-state index in [0.717, 1.165) is 0 Å². The highest BCUT2D eigenvalue weighted by Gasteiger charge is 2.09. The molecule has 0 aliphatic carbocycles. The van der Waals surface area contributed by atoms with Crippen LogP contribution in [0.1, 0.15) is 11.1 Å². The van der Waals surface area contributed by atoms with E-state index in [0.29, 0.717) is 21.3 Å². The van der Waals surface area contributed by atoms with Gasteiger partial charge in [-0.3, -0.25) is 9.59 Å². The third kappa shape index (κ3) is 5.39. The molecule has 0 atom stereocenters. The lowest BCUT2D eigenvalue weighted by Crippen LogP contribution is -2.35. The monoisotopic (exact) mass is 407 g/mol. The van der Waals surface area contributed by atoms with Gasteiger partial charge in [-0.2, -0.15) is 5.10 Å². The van der Waals surface area contributed by atoms with E-state index in [1.807, 2.05) is 0 Å². The first-order valence-corrected chi connectivity index (χ1v) is 8.01. The van der Waals surface area contributed by atoms with Crippen LogP contribution in [0, 0.1) is 5.82 Å². The molecule has 0 aliphatic heterocycles. The highest BCUT2D eigenvalue weighted by Crippen LogP contribution is 2.26. The molecule has 0 saturated heterocycles. The number of hydrazone groups is 1. The predicted octanol–water partition coefficient (Wildman–Crippen LogP) is 2.36. The van der Waals surface area contributed by atoms with Gasteiger partial charge >= 0.3 is 11.8 Å². The van der Waals surface area contributed by atoms with Crippen LogP contribution in [0.5, 0.6) is 5.75 Å². The minimum atomic E-state index is -0.859. The van der Waals surface area contributed by atoms with Crippen LogP contribution >= 0.6 is 15.9 Å². The van der Waals surface area contributed by atoms with Gasteiger partial charge in [-0.25, -0.2) is 9.82 Å². The van der Waals surface area contributed by atoms with Crippen molar-refractivity contribution in [1.29, 1.82) is 0 Å². The summed E-state index contributed by atoms with van der Waals surface area (Å²) in [5, 5.41) is 5.88. The zero-order valence-electron chi connectivity index (χ0n) is 13.3. The first-order chi connectivity index (χ1) is 12.0. The van der Waals surface area contributed by atoms with Gasteiger partial charge < -0.3 is 10.1 Å². The Morgan fingerprint density at radius 3 is 2.68 bits per heavy atom. The van der Waals surface area contributed by atoms with Gasteiger partial charge in [0, 0.05) is 12.6 Å². The minimum Gasteiger partial charge on any atom is -0.488 e. The molecule has 0 fully saturated rings. The predicted molar refractivity (Wildman–Crippen MR) is 94.7 cm³/mol. The van der Waals surface area contributed by atoms with Crippen molar-refractivity contribution in [3.8, 4) is 5.75 Å². The number of carbonyl (C=O) groups is 2. The zero-order valence-corrected chi connectivity index (χ0v) is 14.8. The molecule has 6 nitrogen and oxygen atoms in total. The van der Waals surface area contributed by atoms with Crippen molar-refractivity contribution in [2.24, 2.45) is 5.10 Å². The van der Waals surface area contributed by atoms with Gasteiger partial charge in [0.05, 0.1) is 10.7 Å². The van der Waals surface area contributed by atoms with Crippen molar-refractivity contribution in [1.82, 2.24) is 10.7 Å². The van der Waals surface area contributed by atoms with E-state index in [9.17, 15) is 14.0 Å². The van der Waals surface area contributed by atoms with Gasteiger partial charge in [0.1, 0.15) is 18.2 Å². The summed E-state index contributed by atoms with van der Waals surface area (Å²) in [7, 11) is 1.35. The second-order valence-electron chi connectivity index (χ2n) is 4.85. The Labute approximate surface area is 152 Å². The molecule has 0 aromatic heterocycles. The van der Waals surface area contributed by atoms with Crippen LogP contribution < -0.4 is 15.5 Å². The van der Waals surface area contributed by atoms with Gasteiger partial charge in [-0.05, 0) is 45.8 Å². The van der Waals surface area contributed by atoms with Crippen LogP contribution in [-0.2, 0) is 16.2 Å². The number of rotatable bonds is 5. The van der Waals surface area contributed by atoms with Gasteiger partial charge in [-0.15, -0.1) is 0 Å². The van der Waals surface area contributed by atoms with Crippen LogP contribution in [0.15, 0.2) is 52.0 Å². The Kier molecular flexibility index (Phi) is 6.64. The first kappa shape index (κ1) is 18.6. The summed E-state index contributed by atoms with van der Waals surface area (Å²) in [6.45, 7) is 0.0981. The lowest BCUT2D eigenvalue weighted by Gasteiger charge is -2.09. The van der Waals surface area contributed by atoms with E-state index < -0.39 is 11.8 Å². The molecular weight excluding hydrogens is 393 g/mol. The summed E-state index contributed by atoms with van der Waals surface area (Å²) in [4.78, 5) is 22.3. The highest BCUT2D eigenvalue weighted by molar-refractivity contribution is 9.10. The van der Waals surface area contributed by atoms with Crippen molar-refractivity contribution in [2.75, 3.05) is 7.05 Å². The summed E-state index contributed by atoms with van der Waals surface area (Å²) in [5.41, 5.74) is 3.22. The number of hydrogen-bond acceptors (Lipinski definition) is 4. The van der Waals surface area contributed by atoms with E-state index in [1.165, 1.54) is 19.3 Å². The number of hydrogen-bond donors (Lipinski definition) is 2. The summed E-state index contributed by atoms with van der Waals surface area (Å²) in [6.07, 6.45) is 1.38. The molecule has 2 N–H and O–H groups in total. The van der Waals surface area contributed by atoms with Gasteiger partial charge in [0.2, 0.25) is 0 Å². The summed E-state index contributed by atoms with van der Waals surface area (Å²) < 4.78 is 19.8. The maximum atomic E-state index is 13.6. The number of carbonyl (C=O) groups excluding carboxylic acids is 2. The molecule has 0 radical (unpaired) electrons. The molecule has 2 amide bonds. The molecule has 2 aromatic rings. The van der Waals surface area contributed by atoms with Gasteiger partial charge in [-0.1, -0.05) is 18.2 Å². The number of ether oxygens (including phenoxy) is 1. The normalized spacial score (nSPS) is 10.5. The SMILES string of the molecule is CNC(=O)C(=O)N/N=C\c1ccc(OCc2ccccc2F)c(Br)c1. The Morgan fingerprint density at radius 2 is 2.00 bits per heavy atom. The number of nitrogens with zero attached hydrogens (tertiary/aromatic N) is 1. The molecule has 0 heterocycles. The van der Waals surface area contributed by atoms with Gasteiger partial charge in [0.15, 0.2) is 0 Å². The number of halogens is 2. The number of likely N-dealkylation sites (N-methyl/N-ethyl adjacent to an activating group) is 1. The molecule has 0 spiro atoms. The Balaban J connectivity index is 1.97. The number of benzene rings is 2. The van der Waals surface area contributed by atoms with Crippen molar-refractivity contribution in [2.45, 2.75) is 6.61 Å². The molecular formula is C17H15BrFN3O3. The van der Waals surface area contributed by atoms with Crippen molar-refractivity contribution in [3.05, 3.63) is 63.9 Å². The van der Waals surface area contributed by atoms with Crippen molar-refractivity contribution < 1.29 is 18.7 Å². The topological polar surface area (TPSA) is 79.8 Å². The molecule has 8 heteroatoms. The third-order valence-corrected chi connectivity index (χ3v) is 3.73. The molecule has 2 rings (SSSR count). The Morgan fingerprint density at radius 1 is 1.24 bits per heavy atom. The van der Waals surface area contributed by atoms with E-state index in [-0.39, 0.29) is 12.4 Å². The van der Waals surface area contributed by atoms with E-state index >= 15 is 0 Å². The molecule has 0 unspecified atom stereocenters. The average molecular weight is 408 g/mol. The smallest absolute Gasteiger partial charge is 0.329 e. The summed E-state index contributed by atoms with van der Waals surface area (Å²) in [6, 6.07) is 11.5. The molecule has 25 heavy (non-hydrogen) atoms. The Bertz CT molecular complexity index is 811. The molecule has 130 valence electrons. The van der Waals surface area contributed by atoms with Crippen LogP contribution in [-0.4, -0.2) is 25.1 Å². The number of nitrogens with one attached hydrogen (secondary N) is 2. The fourth-order valence-electron chi connectivity index (χ4n) is 1.82. The first-order valence-electron chi connectivity index (χ1n) is 7.22. The van der Waals surface area contributed by atoms with E-state index in [2.05, 4.69) is 31.8 Å². The minimum absolute atomic E-state index is 0.0981. The second kappa shape index (κ2) is 8.93. The fourth-order valence-corrected chi connectivity index (χ4v) is 2.33. The highest BCUT2D eigenvalue weighted by atomic mass is 79.9. The second-order valence-corrected chi connectivity index (χ2v) is 5.70. The maximum absolute atomic E-state index is 13.6. The van der Waals surface area contributed by atoms with Crippen LogP contribution in [0.3, 0.4) is 0 Å². The fraction of sp³-hybridized carbons (Fsp3) is 0.118. The molecule has 0 aliphatic rings. The zero-order chi connectivity index (χ0) is 18.2. The van der Waals surface area contributed by atoms with Crippen LogP contribution in [0.4, 0.5) is 4.39 Å². The molecule has 0 bridgehead atoms. The third-order valence-electron chi connectivity index (χ3n) is 3.11. The maximum Gasteiger partial charge on any atom is 0.329 e. The van der Waals surface area contributed by atoms with Gasteiger partial charge in [0.25, 0.3) is 0 Å². The van der Waals surface area contributed by atoms with Crippen LogP contribution in [0.2, 0.25) is 0 Å². The van der Waals surface area contributed by atoms with Crippen LogP contribution in [0.25, 0.3) is 0 Å². The Hall–Kier alpha value is -2.74. The average Bonchev–Trinajstić information content (AvgIpc) is 2.61. The lowest BCUT2D eigenvalue weighted by atomic mass is 10.2. The van der Waals surface area contributed by atoms with Crippen molar-refractivity contribution in [3.63, 3.8) is 0 Å². The number of amides is 2. The van der Waals surface area contributed by atoms with E-state index in [1.54, 1.807) is 36.4 Å². The largest absolute Gasteiger partial charge is 0.488 e. The van der Waals surface area contributed by atoms with E-state index in [4.69, 9.17) is 4.74 Å². The van der Waals surface area contributed by atoms with Crippen molar-refractivity contribution >= 4 is 34.0 Å². The quantitative estimate of drug-likeness (QED) is 0.453. The summed E-state index contributed by atoms with van der Waals surface area (Å²) in [5.74, 6) is -1.43. The summed E-state index contributed by atoms with van der Waals surface area (Å²) >= 11 is 3.36. The lowest BCUT2D eigenvalue weighted by molar-refractivity contribution is -0.138. The standard InChI is InChI=1S/C17H15BrFN3O3/c1-20-16(23)17(24)22-21-9-11-6-7-15(13(18)8-11)25-10-12-4-2-3-5-14(12)19/h2-9H,10H2,1H3,(H,20,23)(H,22,24)/b21-9-.